The topological polar surface area (TPSA) is 47.3 Å². The molecule has 1 aromatic carbocycles. The first-order valence-electron chi connectivity index (χ1n) is 5.37. The van der Waals surface area contributed by atoms with Crippen LogP contribution in [0.1, 0.15) is 12.7 Å². The Kier molecular flexibility index (Phi) is 3.93. The van der Waals surface area contributed by atoms with Crippen LogP contribution in [0.15, 0.2) is 39.8 Å². The van der Waals surface area contributed by atoms with E-state index in [1.807, 2.05) is 44.2 Å². The molecule has 1 N–H and O–H groups in total. The summed E-state index contributed by atoms with van der Waals surface area (Å²) in [6.07, 6.45) is 0. The second-order valence-corrected chi connectivity index (χ2v) is 4.31. The van der Waals surface area contributed by atoms with Crippen LogP contribution >= 0.6 is 11.9 Å². The summed E-state index contributed by atoms with van der Waals surface area (Å²) in [6.45, 7) is 4.51. The predicted octanol–water partition coefficient (Wildman–Crippen LogP) is 3.50. The summed E-state index contributed by atoms with van der Waals surface area (Å²) in [5, 5.41) is 3.85. The van der Waals surface area contributed by atoms with Crippen molar-refractivity contribution in [1.82, 2.24) is 5.16 Å². The van der Waals surface area contributed by atoms with Gasteiger partial charge in [-0.05, 0) is 50.1 Å². The average molecular weight is 250 g/mol. The van der Waals surface area contributed by atoms with E-state index in [1.54, 1.807) is 0 Å². The molecule has 2 aromatic rings. The van der Waals surface area contributed by atoms with Crippen molar-refractivity contribution >= 4 is 17.8 Å². The number of hydrogen-bond donors (Lipinski definition) is 1. The van der Waals surface area contributed by atoms with Crippen LogP contribution in [0.2, 0.25) is 0 Å². The Balaban J connectivity index is 1.90. The lowest BCUT2D eigenvalue weighted by Crippen LogP contribution is -1.91. The zero-order valence-electron chi connectivity index (χ0n) is 9.77. The van der Waals surface area contributed by atoms with E-state index in [0.29, 0.717) is 6.61 Å². The molecule has 0 spiro atoms. The van der Waals surface area contributed by atoms with Crippen molar-refractivity contribution in [2.24, 2.45) is 0 Å². The molecular formula is C12H14N2O2S. The van der Waals surface area contributed by atoms with Crippen molar-refractivity contribution in [1.29, 1.82) is 0 Å². The molecule has 0 radical (unpaired) electrons. The first kappa shape index (κ1) is 11.9. The van der Waals surface area contributed by atoms with Crippen molar-refractivity contribution in [3.63, 3.8) is 0 Å². The molecule has 1 heterocycles. The van der Waals surface area contributed by atoms with Gasteiger partial charge in [0.15, 0.2) is 5.82 Å². The Labute approximate surface area is 104 Å². The van der Waals surface area contributed by atoms with E-state index in [0.717, 1.165) is 22.2 Å². The molecule has 0 aliphatic carbocycles. The number of ether oxygens (including phenoxy) is 1. The number of aryl methyl sites for hydroxylation is 1. The maximum Gasteiger partial charge on any atom is 0.179 e. The van der Waals surface area contributed by atoms with Gasteiger partial charge in [0.2, 0.25) is 0 Å². The molecule has 0 bridgehead atoms. The van der Waals surface area contributed by atoms with Crippen LogP contribution in [0.5, 0.6) is 5.75 Å². The zero-order valence-corrected chi connectivity index (χ0v) is 10.6. The third kappa shape index (κ3) is 3.42. The summed E-state index contributed by atoms with van der Waals surface area (Å²) in [6, 6.07) is 9.73. The Morgan fingerprint density at radius 2 is 2.12 bits per heavy atom. The average Bonchev–Trinajstić information content (AvgIpc) is 2.75. The minimum atomic E-state index is 0.683. The van der Waals surface area contributed by atoms with E-state index >= 15 is 0 Å². The molecule has 4 nitrogen and oxygen atoms in total. The normalized spacial score (nSPS) is 10.2. The van der Waals surface area contributed by atoms with Gasteiger partial charge in [-0.1, -0.05) is 5.16 Å². The molecule has 2 rings (SSSR count). The van der Waals surface area contributed by atoms with E-state index in [2.05, 4.69) is 9.88 Å². The summed E-state index contributed by atoms with van der Waals surface area (Å²) in [5.74, 6) is 2.40. The Morgan fingerprint density at radius 3 is 2.71 bits per heavy atom. The molecule has 0 unspecified atom stereocenters. The molecule has 0 saturated heterocycles. The predicted molar refractivity (Wildman–Crippen MR) is 68.3 cm³/mol. The SMILES string of the molecule is CCOc1ccc(SNc2cc(C)on2)cc1. The minimum Gasteiger partial charge on any atom is -0.494 e. The highest BCUT2D eigenvalue weighted by Gasteiger charge is 2.00. The Morgan fingerprint density at radius 1 is 1.35 bits per heavy atom. The molecule has 0 saturated carbocycles. The van der Waals surface area contributed by atoms with Crippen molar-refractivity contribution in [2.45, 2.75) is 18.7 Å². The Hall–Kier alpha value is -1.62. The molecule has 0 aliphatic rings. The zero-order chi connectivity index (χ0) is 12.1. The molecule has 0 aliphatic heterocycles. The first-order chi connectivity index (χ1) is 8.28. The van der Waals surface area contributed by atoms with Gasteiger partial charge in [-0.2, -0.15) is 0 Å². The van der Waals surface area contributed by atoms with Gasteiger partial charge in [-0.15, -0.1) is 0 Å². The molecule has 0 fully saturated rings. The quantitative estimate of drug-likeness (QED) is 0.823. The smallest absolute Gasteiger partial charge is 0.179 e. The van der Waals surface area contributed by atoms with Crippen molar-refractivity contribution in [3.8, 4) is 5.75 Å². The molecule has 17 heavy (non-hydrogen) atoms. The number of nitrogens with one attached hydrogen (secondary N) is 1. The lowest BCUT2D eigenvalue weighted by Gasteiger charge is -2.04. The van der Waals surface area contributed by atoms with Crippen LogP contribution in [-0.2, 0) is 0 Å². The number of rotatable bonds is 5. The molecule has 0 amide bonds. The lowest BCUT2D eigenvalue weighted by atomic mass is 10.3. The summed E-state index contributed by atoms with van der Waals surface area (Å²) >= 11 is 1.49. The van der Waals surface area contributed by atoms with Crippen molar-refractivity contribution in [3.05, 3.63) is 36.1 Å². The lowest BCUT2D eigenvalue weighted by molar-refractivity contribution is 0.340. The van der Waals surface area contributed by atoms with Crippen LogP contribution < -0.4 is 9.46 Å². The first-order valence-corrected chi connectivity index (χ1v) is 6.18. The highest BCUT2D eigenvalue weighted by atomic mass is 32.2. The molecule has 5 heteroatoms. The summed E-state index contributed by atoms with van der Waals surface area (Å²) < 4.78 is 13.4. The van der Waals surface area contributed by atoms with Gasteiger partial charge in [0.1, 0.15) is 11.5 Å². The van der Waals surface area contributed by atoms with E-state index in [1.165, 1.54) is 11.9 Å². The van der Waals surface area contributed by atoms with E-state index in [9.17, 15) is 0 Å². The molecule has 0 atom stereocenters. The number of aromatic nitrogens is 1. The largest absolute Gasteiger partial charge is 0.494 e. The van der Waals surface area contributed by atoms with Gasteiger partial charge in [-0.25, -0.2) is 0 Å². The molecular weight excluding hydrogens is 236 g/mol. The Bertz CT molecular complexity index is 468. The van der Waals surface area contributed by atoms with Gasteiger partial charge in [0, 0.05) is 11.0 Å². The fraction of sp³-hybridized carbons (Fsp3) is 0.250. The van der Waals surface area contributed by atoms with Crippen LogP contribution in [0, 0.1) is 6.92 Å². The van der Waals surface area contributed by atoms with Gasteiger partial charge in [0.25, 0.3) is 0 Å². The number of nitrogens with zero attached hydrogens (tertiary/aromatic N) is 1. The fourth-order valence-electron chi connectivity index (χ4n) is 1.30. The number of anilines is 1. The van der Waals surface area contributed by atoms with Gasteiger partial charge in [-0.3, -0.25) is 0 Å². The fourth-order valence-corrected chi connectivity index (χ4v) is 1.89. The highest BCUT2D eigenvalue weighted by molar-refractivity contribution is 8.00. The van der Waals surface area contributed by atoms with Gasteiger partial charge in [0.05, 0.1) is 6.61 Å². The molecule has 1 aromatic heterocycles. The van der Waals surface area contributed by atoms with E-state index in [4.69, 9.17) is 9.26 Å². The van der Waals surface area contributed by atoms with Gasteiger partial charge >= 0.3 is 0 Å². The van der Waals surface area contributed by atoms with E-state index < -0.39 is 0 Å². The highest BCUT2D eigenvalue weighted by Crippen LogP contribution is 2.23. The monoisotopic (exact) mass is 250 g/mol. The third-order valence-corrected chi connectivity index (χ3v) is 2.86. The summed E-state index contributed by atoms with van der Waals surface area (Å²) in [7, 11) is 0. The van der Waals surface area contributed by atoms with Crippen LogP contribution in [-0.4, -0.2) is 11.8 Å². The van der Waals surface area contributed by atoms with Crippen LogP contribution in [0.4, 0.5) is 5.82 Å². The number of hydrogen-bond acceptors (Lipinski definition) is 5. The minimum absolute atomic E-state index is 0.683. The van der Waals surface area contributed by atoms with Crippen molar-refractivity contribution in [2.75, 3.05) is 11.3 Å². The second-order valence-electron chi connectivity index (χ2n) is 3.43. The summed E-state index contributed by atoms with van der Waals surface area (Å²) in [5.41, 5.74) is 0. The second kappa shape index (κ2) is 5.63. The molecule has 90 valence electrons. The maximum absolute atomic E-state index is 5.37. The summed E-state index contributed by atoms with van der Waals surface area (Å²) in [4.78, 5) is 1.09. The van der Waals surface area contributed by atoms with Gasteiger partial charge < -0.3 is 14.0 Å². The maximum atomic E-state index is 5.37. The van der Waals surface area contributed by atoms with Crippen molar-refractivity contribution < 1.29 is 9.26 Å². The third-order valence-electron chi connectivity index (χ3n) is 2.04. The van der Waals surface area contributed by atoms with E-state index in [-0.39, 0.29) is 0 Å². The van der Waals surface area contributed by atoms with Crippen LogP contribution in [0.3, 0.4) is 0 Å². The number of benzene rings is 1. The standard InChI is InChI=1S/C12H14N2O2S/c1-3-15-10-4-6-11(7-5-10)17-14-12-8-9(2)16-13-12/h4-8H,3H2,1-2H3,(H,13,14). The van der Waals surface area contributed by atoms with Crippen LogP contribution in [0.25, 0.3) is 0 Å².